The van der Waals surface area contributed by atoms with Crippen LogP contribution in [-0.4, -0.2) is 13.3 Å². The van der Waals surface area contributed by atoms with E-state index in [1.54, 1.807) is 0 Å². The molecule has 0 aliphatic heterocycles. The summed E-state index contributed by atoms with van der Waals surface area (Å²) in [7, 11) is -0.236. The van der Waals surface area contributed by atoms with Crippen LogP contribution in [0.1, 0.15) is 29.6 Å². The summed E-state index contributed by atoms with van der Waals surface area (Å²) in [6.45, 7) is 4.82. The number of rotatable bonds is 1. The first-order chi connectivity index (χ1) is 6.70. The SMILES string of the molecule is C[PH+](C)C1CCCc2cccc([S-])c21.[Cu+]. The first kappa shape index (κ1) is 13.5. The van der Waals surface area contributed by atoms with Gasteiger partial charge in [0.25, 0.3) is 0 Å². The molecule has 1 unspecified atom stereocenters. The third-order valence-corrected chi connectivity index (χ3v) is 5.47. The van der Waals surface area contributed by atoms with Gasteiger partial charge >= 0.3 is 17.1 Å². The number of aryl methyl sites for hydroxylation is 1. The summed E-state index contributed by atoms with van der Waals surface area (Å²) in [6.07, 6.45) is 3.96. The van der Waals surface area contributed by atoms with Gasteiger partial charge in [-0.1, -0.05) is 18.2 Å². The molecule has 2 rings (SSSR count). The summed E-state index contributed by atoms with van der Waals surface area (Å²) in [5, 5.41) is 0. The van der Waals surface area contributed by atoms with Crippen molar-refractivity contribution in [3.8, 4) is 0 Å². The molecular weight excluding hydrogens is 271 g/mol. The molecule has 0 spiro atoms. The summed E-state index contributed by atoms with van der Waals surface area (Å²) in [5.41, 5.74) is 3.85. The standard InChI is InChI=1S/C12H17PS.Cu/c1-13(2)10-7-3-5-9-6-4-8-11(14)12(9)10;/h4,6,8,10,14H,3,5,7H2,1-2H3;/q;+1. The van der Waals surface area contributed by atoms with Crippen LogP contribution in [0, 0.1) is 0 Å². The molecule has 1 aromatic rings. The fraction of sp³-hybridized carbons (Fsp3) is 0.500. The molecule has 1 aliphatic carbocycles. The molecule has 86 valence electrons. The fourth-order valence-corrected chi connectivity index (χ4v) is 4.58. The van der Waals surface area contributed by atoms with Gasteiger partial charge in [0.2, 0.25) is 0 Å². The second kappa shape index (κ2) is 5.64. The van der Waals surface area contributed by atoms with E-state index in [2.05, 4.69) is 31.5 Å². The minimum atomic E-state index is -0.236. The number of hydrogen-bond acceptors (Lipinski definition) is 1. The van der Waals surface area contributed by atoms with Crippen molar-refractivity contribution < 1.29 is 17.1 Å². The van der Waals surface area contributed by atoms with Crippen molar-refractivity contribution in [2.45, 2.75) is 29.8 Å². The van der Waals surface area contributed by atoms with E-state index >= 15 is 0 Å². The third kappa shape index (κ3) is 2.74. The van der Waals surface area contributed by atoms with Crippen LogP contribution in [-0.2, 0) is 36.1 Å². The molecule has 0 N–H and O–H groups in total. The molecule has 0 saturated carbocycles. The molecule has 0 aromatic heterocycles. The molecule has 15 heavy (non-hydrogen) atoms. The number of benzene rings is 1. The Morgan fingerprint density at radius 3 is 2.73 bits per heavy atom. The van der Waals surface area contributed by atoms with Crippen LogP contribution in [0.4, 0.5) is 0 Å². The van der Waals surface area contributed by atoms with E-state index < -0.39 is 0 Å². The summed E-state index contributed by atoms with van der Waals surface area (Å²) < 4.78 is 0. The van der Waals surface area contributed by atoms with Gasteiger partial charge < -0.3 is 12.6 Å². The Labute approximate surface area is 110 Å². The Hall–Kier alpha value is 0.389. The topological polar surface area (TPSA) is 0 Å². The number of fused-ring (bicyclic) bond motifs is 1. The fourth-order valence-electron chi connectivity index (χ4n) is 2.42. The molecule has 0 heterocycles. The zero-order chi connectivity index (χ0) is 10.1. The third-order valence-electron chi connectivity index (χ3n) is 3.14. The summed E-state index contributed by atoms with van der Waals surface area (Å²) in [4.78, 5) is 1.11. The number of hydrogen-bond donors (Lipinski definition) is 0. The maximum Gasteiger partial charge on any atom is 1.00 e. The molecule has 0 fully saturated rings. The van der Waals surface area contributed by atoms with Crippen molar-refractivity contribution in [3.05, 3.63) is 29.3 Å². The average Bonchev–Trinajstić information content (AvgIpc) is 2.17. The molecule has 0 radical (unpaired) electrons. The summed E-state index contributed by atoms with van der Waals surface area (Å²) in [6, 6.07) is 6.47. The summed E-state index contributed by atoms with van der Waals surface area (Å²) in [5.74, 6) is 0. The predicted octanol–water partition coefficient (Wildman–Crippen LogP) is 3.44. The van der Waals surface area contributed by atoms with Crippen molar-refractivity contribution in [2.24, 2.45) is 0 Å². The van der Waals surface area contributed by atoms with E-state index in [4.69, 9.17) is 12.6 Å². The Morgan fingerprint density at radius 1 is 1.33 bits per heavy atom. The Bertz CT molecular complexity index is 338. The van der Waals surface area contributed by atoms with Crippen LogP contribution in [0.5, 0.6) is 0 Å². The predicted molar refractivity (Wildman–Crippen MR) is 67.9 cm³/mol. The second-order valence-corrected chi connectivity index (χ2v) is 7.64. The van der Waals surface area contributed by atoms with Crippen LogP contribution < -0.4 is 0 Å². The van der Waals surface area contributed by atoms with Crippen molar-refractivity contribution in [1.29, 1.82) is 0 Å². The summed E-state index contributed by atoms with van der Waals surface area (Å²) >= 11 is 5.45. The Kier molecular flexibility index (Phi) is 5.06. The van der Waals surface area contributed by atoms with Crippen molar-refractivity contribution in [3.63, 3.8) is 0 Å². The van der Waals surface area contributed by atoms with Gasteiger partial charge in [0.1, 0.15) is 0 Å². The van der Waals surface area contributed by atoms with Crippen molar-refractivity contribution >= 4 is 20.6 Å². The molecule has 1 atom stereocenters. The monoisotopic (exact) mass is 287 g/mol. The van der Waals surface area contributed by atoms with Crippen LogP contribution in [0.2, 0.25) is 0 Å². The van der Waals surface area contributed by atoms with Crippen LogP contribution in [0.3, 0.4) is 0 Å². The maximum atomic E-state index is 5.45. The molecule has 3 heteroatoms. The first-order valence-electron chi connectivity index (χ1n) is 5.29. The minimum absolute atomic E-state index is 0. The largest absolute Gasteiger partial charge is 1.00 e. The van der Waals surface area contributed by atoms with Crippen LogP contribution in [0.15, 0.2) is 23.1 Å². The van der Waals surface area contributed by atoms with Gasteiger partial charge in [0.05, 0.1) is 5.66 Å². The Morgan fingerprint density at radius 2 is 2.07 bits per heavy atom. The molecular formula is C12H17CuPS+. The van der Waals surface area contributed by atoms with E-state index in [9.17, 15) is 0 Å². The molecule has 1 aromatic carbocycles. The van der Waals surface area contributed by atoms with Crippen molar-refractivity contribution in [2.75, 3.05) is 13.3 Å². The zero-order valence-electron chi connectivity index (χ0n) is 9.14. The van der Waals surface area contributed by atoms with E-state index in [-0.39, 0.29) is 25.0 Å². The quantitative estimate of drug-likeness (QED) is 0.433. The van der Waals surface area contributed by atoms with E-state index in [0.29, 0.717) is 0 Å². The van der Waals surface area contributed by atoms with Gasteiger partial charge in [-0.15, -0.1) is 0 Å². The Balaban J connectivity index is 0.00000112. The van der Waals surface area contributed by atoms with Gasteiger partial charge in [0.15, 0.2) is 0 Å². The maximum absolute atomic E-state index is 5.45. The van der Waals surface area contributed by atoms with E-state index in [0.717, 1.165) is 10.6 Å². The van der Waals surface area contributed by atoms with Gasteiger partial charge in [0, 0.05) is 21.3 Å². The van der Waals surface area contributed by atoms with E-state index in [1.165, 1.54) is 30.4 Å². The van der Waals surface area contributed by atoms with Gasteiger partial charge in [-0.3, -0.25) is 0 Å². The zero-order valence-corrected chi connectivity index (χ0v) is 11.9. The van der Waals surface area contributed by atoms with Gasteiger partial charge in [-0.25, -0.2) is 0 Å². The van der Waals surface area contributed by atoms with Crippen LogP contribution in [0.25, 0.3) is 0 Å². The van der Waals surface area contributed by atoms with Crippen LogP contribution >= 0.6 is 7.92 Å². The molecule has 0 bridgehead atoms. The average molecular weight is 288 g/mol. The molecule has 1 aliphatic rings. The van der Waals surface area contributed by atoms with Gasteiger partial charge in [-0.05, 0) is 30.4 Å². The second-order valence-electron chi connectivity index (χ2n) is 4.35. The normalized spacial score (nSPS) is 19.5. The molecule has 0 amide bonds. The van der Waals surface area contributed by atoms with E-state index in [1.807, 2.05) is 0 Å². The minimum Gasteiger partial charge on any atom is -0.779 e. The van der Waals surface area contributed by atoms with Gasteiger partial charge in [-0.2, -0.15) is 4.90 Å². The molecule has 0 saturated heterocycles. The van der Waals surface area contributed by atoms with Crippen molar-refractivity contribution in [1.82, 2.24) is 0 Å². The first-order valence-corrected chi connectivity index (χ1v) is 8.27. The molecule has 0 nitrogen and oxygen atoms in total. The smallest absolute Gasteiger partial charge is 0.779 e.